The summed E-state index contributed by atoms with van der Waals surface area (Å²) in [6.45, 7) is 6.15. The van der Waals surface area contributed by atoms with Gasteiger partial charge >= 0.3 is 0 Å². The number of nitrogens with zero attached hydrogens (tertiary/aromatic N) is 2. The van der Waals surface area contributed by atoms with E-state index < -0.39 is 0 Å². The van der Waals surface area contributed by atoms with Crippen LogP contribution in [0.25, 0.3) is 11.5 Å². The molecule has 1 atom stereocenters. The quantitative estimate of drug-likeness (QED) is 0.939. The predicted molar refractivity (Wildman–Crippen MR) is 86.9 cm³/mol. The number of rotatable bonds is 3. The van der Waals surface area contributed by atoms with E-state index in [1.165, 1.54) is 0 Å². The van der Waals surface area contributed by atoms with Gasteiger partial charge in [0.05, 0.1) is 5.69 Å². The normalized spacial score (nSPS) is 19.2. The highest BCUT2D eigenvalue weighted by atomic mass is 35.5. The molecule has 1 saturated heterocycles. The molecule has 1 N–H and O–H groups in total. The van der Waals surface area contributed by atoms with Crippen molar-refractivity contribution < 1.29 is 4.42 Å². The van der Waals surface area contributed by atoms with E-state index in [9.17, 15) is 0 Å². The third-order valence-electron chi connectivity index (χ3n) is 3.63. The molecule has 6 heteroatoms. The molecule has 1 aromatic heterocycles. The highest BCUT2D eigenvalue weighted by Gasteiger charge is 2.19. The molecular formula is C15H19Cl2N3O. The van der Waals surface area contributed by atoms with Crippen LogP contribution in [0.15, 0.2) is 34.9 Å². The lowest BCUT2D eigenvalue weighted by Gasteiger charge is -2.33. The first-order chi connectivity index (χ1) is 9.72. The minimum atomic E-state index is 0. The maximum absolute atomic E-state index is 5.99. The van der Waals surface area contributed by atoms with E-state index in [4.69, 9.17) is 16.0 Å². The van der Waals surface area contributed by atoms with Gasteiger partial charge in [-0.05, 0) is 25.1 Å². The molecule has 0 radical (unpaired) electrons. The summed E-state index contributed by atoms with van der Waals surface area (Å²) in [4.78, 5) is 6.98. The number of benzene rings is 1. The SMILES string of the molecule is C[C@@H]1CNCCN1Cc1coc(-c2cccc(Cl)c2)n1.Cl. The first kappa shape index (κ1) is 16.3. The molecule has 0 bridgehead atoms. The van der Waals surface area contributed by atoms with Gasteiger partial charge in [-0.3, -0.25) is 4.90 Å². The van der Waals surface area contributed by atoms with Gasteiger partial charge < -0.3 is 9.73 Å². The van der Waals surface area contributed by atoms with Gasteiger partial charge in [-0.1, -0.05) is 17.7 Å². The Kier molecular flexibility index (Phi) is 5.65. The molecule has 0 spiro atoms. The maximum Gasteiger partial charge on any atom is 0.226 e. The molecule has 2 aromatic rings. The number of hydrogen-bond acceptors (Lipinski definition) is 4. The molecule has 3 rings (SSSR count). The molecular weight excluding hydrogens is 309 g/mol. The van der Waals surface area contributed by atoms with Crippen molar-refractivity contribution in [3.63, 3.8) is 0 Å². The number of oxazole rings is 1. The summed E-state index contributed by atoms with van der Waals surface area (Å²) in [5, 5.41) is 4.08. The van der Waals surface area contributed by atoms with Gasteiger partial charge in [0.15, 0.2) is 0 Å². The van der Waals surface area contributed by atoms with E-state index in [0.29, 0.717) is 17.0 Å². The van der Waals surface area contributed by atoms with Crippen LogP contribution in [0.4, 0.5) is 0 Å². The number of piperazine rings is 1. The summed E-state index contributed by atoms with van der Waals surface area (Å²) in [5.74, 6) is 0.630. The van der Waals surface area contributed by atoms with Crippen LogP contribution in [0, 0.1) is 0 Å². The van der Waals surface area contributed by atoms with Gasteiger partial charge in [0.1, 0.15) is 6.26 Å². The largest absolute Gasteiger partial charge is 0.444 e. The molecule has 2 heterocycles. The zero-order chi connectivity index (χ0) is 13.9. The fourth-order valence-electron chi connectivity index (χ4n) is 2.46. The second-order valence-corrected chi connectivity index (χ2v) is 5.61. The lowest BCUT2D eigenvalue weighted by atomic mass is 10.2. The smallest absolute Gasteiger partial charge is 0.226 e. The predicted octanol–water partition coefficient (Wildman–Crippen LogP) is 3.21. The van der Waals surface area contributed by atoms with Gasteiger partial charge in [0.2, 0.25) is 5.89 Å². The number of halogens is 2. The van der Waals surface area contributed by atoms with Crippen LogP contribution >= 0.6 is 24.0 Å². The Morgan fingerprint density at radius 2 is 2.33 bits per heavy atom. The van der Waals surface area contributed by atoms with Crippen LogP contribution in [0.1, 0.15) is 12.6 Å². The van der Waals surface area contributed by atoms with Crippen LogP contribution in [0.2, 0.25) is 5.02 Å². The van der Waals surface area contributed by atoms with E-state index in [2.05, 4.69) is 22.1 Å². The van der Waals surface area contributed by atoms with Crippen molar-refractivity contribution in [1.29, 1.82) is 0 Å². The summed E-state index contributed by atoms with van der Waals surface area (Å²) in [6, 6.07) is 8.09. The lowest BCUT2D eigenvalue weighted by molar-refractivity contribution is 0.163. The van der Waals surface area contributed by atoms with Crippen LogP contribution < -0.4 is 5.32 Å². The Balaban J connectivity index is 0.00000161. The van der Waals surface area contributed by atoms with Crippen LogP contribution in [-0.4, -0.2) is 35.6 Å². The number of nitrogens with one attached hydrogen (secondary N) is 1. The Hall–Kier alpha value is -1.07. The van der Waals surface area contributed by atoms with Crippen LogP contribution in [0.3, 0.4) is 0 Å². The van der Waals surface area contributed by atoms with Crippen molar-refractivity contribution in [3.8, 4) is 11.5 Å². The van der Waals surface area contributed by atoms with E-state index in [0.717, 1.165) is 37.4 Å². The van der Waals surface area contributed by atoms with Crippen molar-refractivity contribution in [1.82, 2.24) is 15.2 Å². The minimum Gasteiger partial charge on any atom is -0.444 e. The molecule has 1 aromatic carbocycles. The highest BCUT2D eigenvalue weighted by Crippen LogP contribution is 2.22. The molecule has 0 unspecified atom stereocenters. The first-order valence-corrected chi connectivity index (χ1v) is 7.25. The summed E-state index contributed by atoms with van der Waals surface area (Å²) in [6.07, 6.45) is 1.74. The summed E-state index contributed by atoms with van der Waals surface area (Å²) >= 11 is 5.99. The molecule has 1 aliphatic heterocycles. The van der Waals surface area contributed by atoms with Gasteiger partial charge in [0, 0.05) is 42.8 Å². The standard InChI is InChI=1S/C15H18ClN3O.ClH/c1-11-8-17-5-6-19(11)9-14-10-20-15(18-14)12-3-2-4-13(16)7-12;/h2-4,7,10-11,17H,5-6,8-9H2,1H3;1H/t11-;/m1./s1. The summed E-state index contributed by atoms with van der Waals surface area (Å²) in [5.41, 5.74) is 1.88. The Morgan fingerprint density at radius 3 is 3.10 bits per heavy atom. The van der Waals surface area contributed by atoms with Crippen LogP contribution in [0.5, 0.6) is 0 Å². The molecule has 0 amide bonds. The average Bonchev–Trinajstić information content (AvgIpc) is 2.90. The van der Waals surface area contributed by atoms with Crippen molar-refractivity contribution >= 4 is 24.0 Å². The van der Waals surface area contributed by atoms with Gasteiger partial charge in [-0.15, -0.1) is 12.4 Å². The average molecular weight is 328 g/mol. The molecule has 0 aliphatic carbocycles. The van der Waals surface area contributed by atoms with Gasteiger partial charge in [-0.2, -0.15) is 0 Å². The summed E-state index contributed by atoms with van der Waals surface area (Å²) in [7, 11) is 0. The van der Waals surface area contributed by atoms with Crippen molar-refractivity contribution in [3.05, 3.63) is 41.2 Å². The minimum absolute atomic E-state index is 0. The fraction of sp³-hybridized carbons (Fsp3) is 0.400. The molecule has 114 valence electrons. The maximum atomic E-state index is 5.99. The molecule has 1 fully saturated rings. The topological polar surface area (TPSA) is 41.3 Å². The van der Waals surface area contributed by atoms with E-state index in [1.807, 2.05) is 24.3 Å². The molecule has 21 heavy (non-hydrogen) atoms. The van der Waals surface area contributed by atoms with E-state index >= 15 is 0 Å². The van der Waals surface area contributed by atoms with Crippen molar-refractivity contribution in [2.24, 2.45) is 0 Å². The fourth-order valence-corrected chi connectivity index (χ4v) is 2.65. The zero-order valence-corrected chi connectivity index (χ0v) is 13.5. The van der Waals surface area contributed by atoms with Gasteiger partial charge in [-0.25, -0.2) is 4.98 Å². The Bertz CT molecular complexity index is 588. The first-order valence-electron chi connectivity index (χ1n) is 6.87. The third-order valence-corrected chi connectivity index (χ3v) is 3.86. The van der Waals surface area contributed by atoms with Crippen molar-refractivity contribution in [2.45, 2.75) is 19.5 Å². The molecule has 0 saturated carbocycles. The van der Waals surface area contributed by atoms with E-state index in [-0.39, 0.29) is 12.4 Å². The Labute approximate surface area is 135 Å². The molecule has 1 aliphatic rings. The Morgan fingerprint density at radius 1 is 1.48 bits per heavy atom. The second-order valence-electron chi connectivity index (χ2n) is 5.18. The summed E-state index contributed by atoms with van der Waals surface area (Å²) < 4.78 is 5.57. The highest BCUT2D eigenvalue weighted by molar-refractivity contribution is 6.30. The molecule has 4 nitrogen and oxygen atoms in total. The number of aromatic nitrogens is 1. The zero-order valence-electron chi connectivity index (χ0n) is 11.9. The van der Waals surface area contributed by atoms with E-state index in [1.54, 1.807) is 6.26 Å². The van der Waals surface area contributed by atoms with Crippen molar-refractivity contribution in [2.75, 3.05) is 19.6 Å². The lowest BCUT2D eigenvalue weighted by Crippen LogP contribution is -2.49. The monoisotopic (exact) mass is 327 g/mol. The second kappa shape index (κ2) is 7.27. The van der Waals surface area contributed by atoms with Gasteiger partial charge in [0.25, 0.3) is 0 Å². The third kappa shape index (κ3) is 3.98. The number of hydrogen-bond donors (Lipinski definition) is 1. The van der Waals surface area contributed by atoms with Crippen LogP contribution in [-0.2, 0) is 6.54 Å².